The minimum atomic E-state index is -0.194. The summed E-state index contributed by atoms with van der Waals surface area (Å²) in [6.07, 6.45) is 3.56. The monoisotopic (exact) mass is 391 g/mol. The zero-order valence-electron chi connectivity index (χ0n) is 15.0. The average molecular weight is 391 g/mol. The Morgan fingerprint density at radius 1 is 0.893 bits per heavy atom. The van der Waals surface area contributed by atoms with Crippen molar-refractivity contribution in [1.82, 2.24) is 20.3 Å². The molecule has 0 bridgehead atoms. The van der Waals surface area contributed by atoms with Crippen LogP contribution in [0.15, 0.2) is 72.4 Å². The lowest BCUT2D eigenvalue weighted by Gasteiger charge is -2.08. The largest absolute Gasteiger partial charge is 0.325 e. The van der Waals surface area contributed by atoms with Gasteiger partial charge in [-0.3, -0.25) is 0 Å². The molecule has 0 aliphatic heterocycles. The number of halogens is 1. The molecule has 0 unspecified atom stereocenters. The van der Waals surface area contributed by atoms with Gasteiger partial charge < -0.3 is 10.6 Å². The highest BCUT2D eigenvalue weighted by Crippen LogP contribution is 2.22. The summed E-state index contributed by atoms with van der Waals surface area (Å²) in [5, 5.41) is 9.25. The van der Waals surface area contributed by atoms with Crippen molar-refractivity contribution in [3.8, 4) is 10.7 Å². The number of aromatic nitrogens is 3. The van der Waals surface area contributed by atoms with E-state index in [9.17, 15) is 4.39 Å². The third-order valence-electron chi connectivity index (χ3n) is 4.08. The number of thiazole rings is 1. The van der Waals surface area contributed by atoms with Crippen LogP contribution >= 0.6 is 11.3 Å². The summed E-state index contributed by atoms with van der Waals surface area (Å²) in [4.78, 5) is 13.3. The van der Waals surface area contributed by atoms with Crippen LogP contribution in [0.5, 0.6) is 0 Å². The Bertz CT molecular complexity index is 1030. The second-order valence-corrected chi connectivity index (χ2v) is 7.01. The molecule has 3 aromatic heterocycles. The highest BCUT2D eigenvalue weighted by molar-refractivity contribution is 7.13. The Morgan fingerprint density at radius 2 is 1.82 bits per heavy atom. The van der Waals surface area contributed by atoms with Gasteiger partial charge in [-0.1, -0.05) is 30.3 Å². The molecule has 0 saturated carbocycles. The predicted molar refractivity (Wildman–Crippen MR) is 110 cm³/mol. The maximum Gasteiger partial charge on any atom is 0.141 e. The van der Waals surface area contributed by atoms with Gasteiger partial charge in [0.25, 0.3) is 0 Å². The molecule has 28 heavy (non-hydrogen) atoms. The van der Waals surface area contributed by atoms with Crippen LogP contribution in [0.25, 0.3) is 10.7 Å². The first-order chi connectivity index (χ1) is 13.8. The van der Waals surface area contributed by atoms with Gasteiger partial charge in [-0.25, -0.2) is 19.3 Å². The summed E-state index contributed by atoms with van der Waals surface area (Å²) in [6.45, 7) is 1.08. The first-order valence-electron chi connectivity index (χ1n) is 8.81. The number of anilines is 2. The van der Waals surface area contributed by atoms with E-state index in [1.54, 1.807) is 35.9 Å². The molecule has 0 aliphatic carbocycles. The van der Waals surface area contributed by atoms with Crippen molar-refractivity contribution in [3.05, 3.63) is 89.3 Å². The van der Waals surface area contributed by atoms with E-state index in [1.165, 1.54) is 6.07 Å². The van der Waals surface area contributed by atoms with Crippen molar-refractivity contribution in [2.24, 2.45) is 0 Å². The standard InChI is InChI=1S/C21H18FN5S/c22-17-5-2-1-4-16(17)14-23-12-15-8-9-19(25-13-15)27-20-7-3-6-18(26-20)21-24-10-11-28-21/h1-11,13,23H,12,14H2,(H,25,26,27). The van der Waals surface area contributed by atoms with Gasteiger partial charge in [0.2, 0.25) is 0 Å². The molecule has 1 aromatic carbocycles. The fourth-order valence-electron chi connectivity index (χ4n) is 2.69. The molecule has 0 amide bonds. The maximum absolute atomic E-state index is 13.6. The van der Waals surface area contributed by atoms with Crippen molar-refractivity contribution in [2.75, 3.05) is 5.32 Å². The predicted octanol–water partition coefficient (Wildman–Crippen LogP) is 4.77. The lowest BCUT2D eigenvalue weighted by Crippen LogP contribution is -2.13. The number of benzene rings is 1. The van der Waals surface area contributed by atoms with E-state index in [4.69, 9.17) is 0 Å². The SMILES string of the molecule is Fc1ccccc1CNCc1ccc(Nc2cccc(-c3nccs3)n2)nc1. The lowest BCUT2D eigenvalue weighted by atomic mass is 10.2. The third-order valence-corrected chi connectivity index (χ3v) is 4.88. The Balaban J connectivity index is 1.35. The molecule has 2 N–H and O–H groups in total. The summed E-state index contributed by atoms with van der Waals surface area (Å²) in [7, 11) is 0. The molecule has 4 rings (SSSR count). The first kappa shape index (κ1) is 18.2. The summed E-state index contributed by atoms with van der Waals surface area (Å²) >= 11 is 1.55. The fraction of sp³-hybridized carbons (Fsp3) is 0.0952. The number of nitrogens with one attached hydrogen (secondary N) is 2. The van der Waals surface area contributed by atoms with E-state index in [-0.39, 0.29) is 5.82 Å². The van der Waals surface area contributed by atoms with Gasteiger partial charge in [0.15, 0.2) is 0 Å². The second-order valence-electron chi connectivity index (χ2n) is 6.12. The molecule has 140 valence electrons. The molecule has 0 fully saturated rings. The molecule has 4 aromatic rings. The molecular formula is C21H18FN5S. The molecule has 0 radical (unpaired) electrons. The van der Waals surface area contributed by atoms with E-state index in [0.717, 1.165) is 16.3 Å². The quantitative estimate of drug-likeness (QED) is 0.475. The van der Waals surface area contributed by atoms with Crippen LogP contribution in [0.4, 0.5) is 16.0 Å². The van der Waals surface area contributed by atoms with Gasteiger partial charge in [0.05, 0.1) is 0 Å². The van der Waals surface area contributed by atoms with E-state index in [2.05, 4.69) is 25.6 Å². The van der Waals surface area contributed by atoms with Gasteiger partial charge in [0.1, 0.15) is 28.2 Å². The van der Waals surface area contributed by atoms with Crippen LogP contribution < -0.4 is 10.6 Å². The Kier molecular flexibility index (Phi) is 5.65. The van der Waals surface area contributed by atoms with E-state index in [0.29, 0.717) is 30.3 Å². The molecule has 0 spiro atoms. The van der Waals surface area contributed by atoms with E-state index >= 15 is 0 Å². The number of rotatable bonds is 7. The number of pyridine rings is 2. The summed E-state index contributed by atoms with van der Waals surface area (Å²) in [6, 6.07) is 16.4. The maximum atomic E-state index is 13.6. The third kappa shape index (κ3) is 4.57. The number of hydrogen-bond acceptors (Lipinski definition) is 6. The van der Waals surface area contributed by atoms with Crippen LogP contribution in [0.3, 0.4) is 0 Å². The van der Waals surface area contributed by atoms with Crippen LogP contribution in [-0.4, -0.2) is 15.0 Å². The van der Waals surface area contributed by atoms with Crippen LogP contribution in [0.1, 0.15) is 11.1 Å². The molecule has 0 atom stereocenters. The molecule has 5 nitrogen and oxygen atoms in total. The van der Waals surface area contributed by atoms with E-state index < -0.39 is 0 Å². The van der Waals surface area contributed by atoms with Gasteiger partial charge in [0, 0.05) is 36.4 Å². The van der Waals surface area contributed by atoms with Crippen LogP contribution in [-0.2, 0) is 13.1 Å². The molecular weight excluding hydrogens is 373 g/mol. The summed E-state index contributed by atoms with van der Waals surface area (Å²) in [5.74, 6) is 1.23. The average Bonchev–Trinajstić information content (AvgIpc) is 3.26. The molecule has 7 heteroatoms. The zero-order valence-corrected chi connectivity index (χ0v) is 15.8. The molecule has 0 aliphatic rings. The Hall–Kier alpha value is -3.16. The van der Waals surface area contributed by atoms with E-state index in [1.807, 2.05) is 41.8 Å². The minimum Gasteiger partial charge on any atom is -0.325 e. The number of hydrogen-bond donors (Lipinski definition) is 2. The zero-order chi connectivity index (χ0) is 19.2. The van der Waals surface area contributed by atoms with Gasteiger partial charge in [-0.05, 0) is 29.8 Å². The topological polar surface area (TPSA) is 62.7 Å². The van der Waals surface area contributed by atoms with Crippen molar-refractivity contribution in [3.63, 3.8) is 0 Å². The van der Waals surface area contributed by atoms with Crippen LogP contribution in [0.2, 0.25) is 0 Å². The van der Waals surface area contributed by atoms with Gasteiger partial charge in [-0.2, -0.15) is 0 Å². The summed E-state index contributed by atoms with van der Waals surface area (Å²) < 4.78 is 13.6. The highest BCUT2D eigenvalue weighted by Gasteiger charge is 2.05. The Morgan fingerprint density at radius 3 is 2.61 bits per heavy atom. The molecule has 0 saturated heterocycles. The van der Waals surface area contributed by atoms with Crippen LogP contribution in [0, 0.1) is 5.82 Å². The number of nitrogens with zero attached hydrogens (tertiary/aromatic N) is 3. The lowest BCUT2D eigenvalue weighted by molar-refractivity contribution is 0.588. The highest BCUT2D eigenvalue weighted by atomic mass is 32.1. The summed E-state index contributed by atoms with van der Waals surface area (Å²) in [5.41, 5.74) is 2.50. The minimum absolute atomic E-state index is 0.194. The van der Waals surface area contributed by atoms with Crippen molar-refractivity contribution < 1.29 is 4.39 Å². The van der Waals surface area contributed by atoms with Crippen molar-refractivity contribution in [1.29, 1.82) is 0 Å². The fourth-order valence-corrected chi connectivity index (χ4v) is 3.30. The van der Waals surface area contributed by atoms with Gasteiger partial charge in [-0.15, -0.1) is 11.3 Å². The van der Waals surface area contributed by atoms with Gasteiger partial charge >= 0.3 is 0 Å². The van der Waals surface area contributed by atoms with Crippen molar-refractivity contribution >= 4 is 23.0 Å². The van der Waals surface area contributed by atoms with Crippen molar-refractivity contribution in [2.45, 2.75) is 13.1 Å². The Labute approximate surface area is 166 Å². The molecule has 3 heterocycles. The smallest absolute Gasteiger partial charge is 0.141 e. The normalized spacial score (nSPS) is 10.8. The first-order valence-corrected chi connectivity index (χ1v) is 9.69. The second kappa shape index (κ2) is 8.69.